The number of H-pyrrole nitrogens is 1. The van der Waals surface area contributed by atoms with Crippen LogP contribution in [0.4, 0.5) is 11.4 Å². The molecule has 7 nitrogen and oxygen atoms in total. The number of carbonyl (C=O) groups is 1. The van der Waals surface area contributed by atoms with Gasteiger partial charge < -0.3 is 26.0 Å². The van der Waals surface area contributed by atoms with Crippen molar-refractivity contribution in [2.45, 2.75) is 25.5 Å². The molecule has 3 heterocycles. The Bertz CT molecular complexity index is 715. The number of nitrogens with two attached hydrogens (primary N) is 1. The van der Waals surface area contributed by atoms with E-state index in [4.69, 9.17) is 5.73 Å². The molecule has 0 aromatic carbocycles. The minimum atomic E-state index is -1.08. The molecule has 0 radical (unpaired) electrons. The fraction of sp³-hybridized carbons (Fsp3) is 0.429. The van der Waals surface area contributed by atoms with Gasteiger partial charge in [0.2, 0.25) is 0 Å². The molecule has 1 amide bonds. The molecule has 0 saturated carbocycles. The quantitative estimate of drug-likeness (QED) is 0.651. The van der Waals surface area contributed by atoms with Crippen LogP contribution in [0.15, 0.2) is 16.9 Å². The fourth-order valence-electron chi connectivity index (χ4n) is 2.69. The van der Waals surface area contributed by atoms with Crippen LogP contribution < -0.4 is 16.0 Å². The zero-order valence-electron chi connectivity index (χ0n) is 12.1. The van der Waals surface area contributed by atoms with Gasteiger partial charge in [0.05, 0.1) is 21.2 Å². The van der Waals surface area contributed by atoms with Crippen molar-refractivity contribution in [3.8, 4) is 0 Å². The van der Waals surface area contributed by atoms with Gasteiger partial charge in [0, 0.05) is 31.5 Å². The Kier molecular flexibility index (Phi) is 4.07. The highest BCUT2D eigenvalue weighted by Crippen LogP contribution is 2.39. The number of carbonyl (C=O) groups excluding carboxylic acids is 1. The smallest absolute Gasteiger partial charge is 0.252 e. The summed E-state index contributed by atoms with van der Waals surface area (Å²) < 4.78 is 0.848. The maximum absolute atomic E-state index is 11.8. The minimum Gasteiger partial charge on any atom is -0.384 e. The Morgan fingerprint density at radius 2 is 2.45 bits per heavy atom. The number of fused-ring (bicyclic) bond motifs is 1. The topological polar surface area (TPSA) is 107 Å². The third kappa shape index (κ3) is 2.69. The Balaban J connectivity index is 2.07. The van der Waals surface area contributed by atoms with E-state index in [0.717, 1.165) is 35.1 Å². The van der Waals surface area contributed by atoms with Crippen molar-refractivity contribution < 1.29 is 9.90 Å². The van der Waals surface area contributed by atoms with Gasteiger partial charge in [0.25, 0.3) is 5.91 Å². The van der Waals surface area contributed by atoms with E-state index in [-0.39, 0.29) is 6.04 Å². The number of anilines is 2. The highest BCUT2D eigenvalue weighted by molar-refractivity contribution is 9.10. The SMILES string of the molecule is CC(O)C(=O)Nc1c[nH]c2ncc(Br)c(N3CCC(N)C3)c12. The molecule has 1 fully saturated rings. The molecule has 1 aliphatic rings. The molecular formula is C14H18BrN5O2. The van der Waals surface area contributed by atoms with Crippen LogP contribution >= 0.6 is 15.9 Å². The summed E-state index contributed by atoms with van der Waals surface area (Å²) >= 11 is 3.54. The van der Waals surface area contributed by atoms with Crippen LogP contribution in [0.5, 0.6) is 0 Å². The number of aromatic amines is 1. The van der Waals surface area contributed by atoms with Crippen LogP contribution in [0, 0.1) is 0 Å². The number of aromatic nitrogens is 2. The summed E-state index contributed by atoms with van der Waals surface area (Å²) in [4.78, 5) is 21.3. The summed E-state index contributed by atoms with van der Waals surface area (Å²) in [5.41, 5.74) is 8.25. The maximum atomic E-state index is 11.8. The van der Waals surface area contributed by atoms with Crippen LogP contribution in [0.3, 0.4) is 0 Å². The largest absolute Gasteiger partial charge is 0.384 e. The molecule has 118 valence electrons. The summed E-state index contributed by atoms with van der Waals surface area (Å²) in [6.45, 7) is 3.04. The Morgan fingerprint density at radius 3 is 3.09 bits per heavy atom. The number of nitrogens with one attached hydrogen (secondary N) is 2. The molecule has 1 saturated heterocycles. The molecule has 2 atom stereocenters. The Labute approximate surface area is 136 Å². The first-order valence-electron chi connectivity index (χ1n) is 7.12. The third-order valence-corrected chi connectivity index (χ3v) is 4.39. The lowest BCUT2D eigenvalue weighted by molar-refractivity contribution is -0.123. The predicted octanol–water partition coefficient (Wildman–Crippen LogP) is 1.18. The van der Waals surface area contributed by atoms with Gasteiger partial charge in [0.15, 0.2) is 0 Å². The second kappa shape index (κ2) is 5.86. The van der Waals surface area contributed by atoms with Crippen LogP contribution in [-0.4, -0.2) is 46.2 Å². The van der Waals surface area contributed by atoms with Crippen molar-refractivity contribution in [3.05, 3.63) is 16.9 Å². The van der Waals surface area contributed by atoms with E-state index in [1.165, 1.54) is 6.92 Å². The number of aliphatic hydroxyl groups is 1. The number of halogens is 1. The number of hydrogen-bond donors (Lipinski definition) is 4. The number of pyridine rings is 1. The van der Waals surface area contributed by atoms with Crippen molar-refractivity contribution in [2.24, 2.45) is 5.73 Å². The minimum absolute atomic E-state index is 0.143. The van der Waals surface area contributed by atoms with Crippen LogP contribution in [0.1, 0.15) is 13.3 Å². The lowest BCUT2D eigenvalue weighted by Crippen LogP contribution is -2.27. The summed E-state index contributed by atoms with van der Waals surface area (Å²) in [5, 5.41) is 12.9. The molecule has 0 spiro atoms. The summed E-state index contributed by atoms with van der Waals surface area (Å²) in [6.07, 6.45) is 3.27. The molecule has 1 aliphatic heterocycles. The predicted molar refractivity (Wildman–Crippen MR) is 88.9 cm³/mol. The lowest BCUT2D eigenvalue weighted by Gasteiger charge is -2.21. The highest BCUT2D eigenvalue weighted by atomic mass is 79.9. The zero-order valence-corrected chi connectivity index (χ0v) is 13.7. The number of hydrogen-bond acceptors (Lipinski definition) is 5. The summed E-state index contributed by atoms with van der Waals surface area (Å²) in [5.74, 6) is -0.454. The molecule has 22 heavy (non-hydrogen) atoms. The maximum Gasteiger partial charge on any atom is 0.252 e. The molecule has 3 rings (SSSR count). The first-order valence-corrected chi connectivity index (χ1v) is 7.91. The number of nitrogens with zero attached hydrogens (tertiary/aromatic N) is 2. The van der Waals surface area contributed by atoms with Gasteiger partial charge in [-0.15, -0.1) is 0 Å². The fourth-order valence-corrected chi connectivity index (χ4v) is 3.24. The van der Waals surface area contributed by atoms with Gasteiger partial charge >= 0.3 is 0 Å². The van der Waals surface area contributed by atoms with E-state index in [2.05, 4.69) is 36.1 Å². The molecule has 5 N–H and O–H groups in total. The van der Waals surface area contributed by atoms with Gasteiger partial charge in [-0.25, -0.2) is 4.98 Å². The molecule has 0 aliphatic carbocycles. The van der Waals surface area contributed by atoms with Crippen LogP contribution in [-0.2, 0) is 4.79 Å². The highest BCUT2D eigenvalue weighted by Gasteiger charge is 2.25. The first-order chi connectivity index (χ1) is 10.5. The van der Waals surface area contributed by atoms with E-state index in [1.54, 1.807) is 12.4 Å². The van der Waals surface area contributed by atoms with Crippen LogP contribution in [0.25, 0.3) is 11.0 Å². The van der Waals surface area contributed by atoms with E-state index in [1.807, 2.05) is 0 Å². The molecule has 2 unspecified atom stereocenters. The van der Waals surface area contributed by atoms with Gasteiger partial charge in [-0.2, -0.15) is 0 Å². The van der Waals surface area contributed by atoms with E-state index >= 15 is 0 Å². The molecule has 0 bridgehead atoms. The normalized spacial score (nSPS) is 19.6. The standard InChI is InChI=1S/C14H18BrN5O2/c1-7(21)14(22)19-10-5-18-13-11(10)12(9(15)4-17-13)20-3-2-8(16)6-20/h4-5,7-8,21H,2-3,6,16H2,1H3,(H,17,18)(H,19,22). The van der Waals surface area contributed by atoms with E-state index in [9.17, 15) is 9.90 Å². The van der Waals surface area contributed by atoms with Crippen molar-refractivity contribution in [1.82, 2.24) is 9.97 Å². The second-order valence-corrected chi connectivity index (χ2v) is 6.40. The van der Waals surface area contributed by atoms with Crippen LogP contribution in [0.2, 0.25) is 0 Å². The molecule has 2 aromatic rings. The Morgan fingerprint density at radius 1 is 1.68 bits per heavy atom. The van der Waals surface area contributed by atoms with E-state index in [0.29, 0.717) is 11.3 Å². The molecule has 8 heteroatoms. The average Bonchev–Trinajstić information content (AvgIpc) is 3.06. The summed E-state index contributed by atoms with van der Waals surface area (Å²) in [7, 11) is 0. The van der Waals surface area contributed by atoms with Crippen molar-refractivity contribution >= 4 is 44.2 Å². The summed E-state index contributed by atoms with van der Waals surface area (Å²) in [6, 6.07) is 0.143. The van der Waals surface area contributed by atoms with Crippen molar-refractivity contribution in [3.63, 3.8) is 0 Å². The van der Waals surface area contributed by atoms with Crippen molar-refractivity contribution in [1.29, 1.82) is 0 Å². The lowest BCUT2D eigenvalue weighted by atomic mass is 10.2. The second-order valence-electron chi connectivity index (χ2n) is 5.54. The Hall–Kier alpha value is -1.64. The first kappa shape index (κ1) is 15.3. The monoisotopic (exact) mass is 367 g/mol. The number of rotatable bonds is 3. The zero-order chi connectivity index (χ0) is 15.9. The third-order valence-electron chi connectivity index (χ3n) is 3.81. The number of amides is 1. The van der Waals surface area contributed by atoms with Gasteiger partial charge in [-0.1, -0.05) is 0 Å². The van der Waals surface area contributed by atoms with Crippen molar-refractivity contribution in [2.75, 3.05) is 23.3 Å². The van der Waals surface area contributed by atoms with Gasteiger partial charge in [-0.3, -0.25) is 4.79 Å². The average molecular weight is 368 g/mol. The molecular weight excluding hydrogens is 350 g/mol. The van der Waals surface area contributed by atoms with Gasteiger partial charge in [-0.05, 0) is 29.3 Å². The van der Waals surface area contributed by atoms with Gasteiger partial charge in [0.1, 0.15) is 11.8 Å². The molecule has 2 aromatic heterocycles. The number of aliphatic hydroxyl groups excluding tert-OH is 1. The van der Waals surface area contributed by atoms with E-state index < -0.39 is 12.0 Å².